The molecule has 6 heteroatoms. The molecule has 1 N–H and O–H groups in total. The van der Waals surface area contributed by atoms with Gasteiger partial charge in [-0.3, -0.25) is 9.59 Å². The first kappa shape index (κ1) is 19.0. The van der Waals surface area contributed by atoms with Gasteiger partial charge < -0.3 is 19.4 Å². The highest BCUT2D eigenvalue weighted by Crippen LogP contribution is 2.25. The normalized spacial score (nSPS) is 11.6. The summed E-state index contributed by atoms with van der Waals surface area (Å²) in [7, 11) is 3.13. The van der Waals surface area contributed by atoms with E-state index in [1.54, 1.807) is 30.9 Å². The molecule has 0 saturated carbocycles. The third-order valence-corrected chi connectivity index (χ3v) is 3.84. The van der Waals surface area contributed by atoms with Gasteiger partial charge in [-0.05, 0) is 17.5 Å². The van der Waals surface area contributed by atoms with Crippen LogP contribution in [0, 0.1) is 5.41 Å². The minimum atomic E-state index is -0.365. The smallest absolute Gasteiger partial charge is 0.264 e. The number of para-hydroxylation sites is 1. The third kappa shape index (κ3) is 4.39. The predicted molar refractivity (Wildman–Crippen MR) is 98.4 cm³/mol. The van der Waals surface area contributed by atoms with Crippen LogP contribution in [0.1, 0.15) is 31.1 Å². The summed E-state index contributed by atoms with van der Waals surface area (Å²) >= 11 is 0. The van der Waals surface area contributed by atoms with Crippen LogP contribution in [0.4, 0.5) is 0 Å². The van der Waals surface area contributed by atoms with Crippen LogP contribution < -0.4 is 15.6 Å². The second-order valence-corrected chi connectivity index (χ2v) is 7.15. The van der Waals surface area contributed by atoms with Gasteiger partial charge in [-0.15, -0.1) is 0 Å². The second-order valence-electron chi connectivity index (χ2n) is 7.15. The highest BCUT2D eigenvalue weighted by atomic mass is 16.5. The molecule has 1 aromatic heterocycles. The number of amides is 1. The number of methoxy groups -OCH3 is 2. The Morgan fingerprint density at radius 2 is 1.96 bits per heavy atom. The van der Waals surface area contributed by atoms with E-state index in [9.17, 15) is 9.59 Å². The Morgan fingerprint density at radius 1 is 1.24 bits per heavy atom. The molecule has 0 aliphatic heterocycles. The van der Waals surface area contributed by atoms with Gasteiger partial charge in [0.15, 0.2) is 0 Å². The predicted octanol–water partition coefficient (Wildman–Crippen LogP) is 2.43. The SMILES string of the molecule is COCCn1c(=O)c(C(=O)NCC(C)(C)C)cc2cccc(OC)c21. The number of carbonyl (C=O) groups excluding carboxylic acids is 1. The van der Waals surface area contributed by atoms with Crippen LogP contribution in [0.15, 0.2) is 29.1 Å². The summed E-state index contributed by atoms with van der Waals surface area (Å²) in [5.74, 6) is 0.225. The van der Waals surface area contributed by atoms with E-state index in [2.05, 4.69) is 5.32 Å². The van der Waals surface area contributed by atoms with Gasteiger partial charge in [0, 0.05) is 25.6 Å². The number of ether oxygens (including phenoxy) is 2. The Bertz CT molecular complexity index is 819. The first-order chi connectivity index (χ1) is 11.8. The summed E-state index contributed by atoms with van der Waals surface area (Å²) in [6.07, 6.45) is 0. The Hall–Kier alpha value is -2.34. The molecule has 0 saturated heterocycles. The molecule has 0 fully saturated rings. The number of aromatic nitrogens is 1. The van der Waals surface area contributed by atoms with E-state index in [-0.39, 0.29) is 22.4 Å². The second kappa shape index (κ2) is 7.70. The average Bonchev–Trinajstić information content (AvgIpc) is 2.57. The number of benzene rings is 1. The fourth-order valence-electron chi connectivity index (χ4n) is 2.57. The molecule has 1 amide bonds. The van der Waals surface area contributed by atoms with Crippen LogP contribution in [0.5, 0.6) is 5.75 Å². The van der Waals surface area contributed by atoms with Crippen LogP contribution in [-0.4, -0.2) is 37.8 Å². The number of hydrogen-bond donors (Lipinski definition) is 1. The lowest BCUT2D eigenvalue weighted by Crippen LogP contribution is -2.37. The third-order valence-electron chi connectivity index (χ3n) is 3.84. The van der Waals surface area contributed by atoms with Crippen molar-refractivity contribution in [2.45, 2.75) is 27.3 Å². The summed E-state index contributed by atoms with van der Waals surface area (Å²) < 4.78 is 12.1. The molecular formula is C19H26N2O4. The summed E-state index contributed by atoms with van der Waals surface area (Å²) in [5.41, 5.74) is 0.381. The van der Waals surface area contributed by atoms with Crippen molar-refractivity contribution in [1.82, 2.24) is 9.88 Å². The Balaban J connectivity index is 2.57. The van der Waals surface area contributed by atoms with Gasteiger partial charge in [0.05, 0.1) is 19.2 Å². The quantitative estimate of drug-likeness (QED) is 0.872. The van der Waals surface area contributed by atoms with Crippen molar-refractivity contribution >= 4 is 16.8 Å². The zero-order chi connectivity index (χ0) is 18.6. The summed E-state index contributed by atoms with van der Waals surface area (Å²) in [4.78, 5) is 25.5. The topological polar surface area (TPSA) is 69.6 Å². The van der Waals surface area contributed by atoms with E-state index < -0.39 is 0 Å². The zero-order valence-corrected chi connectivity index (χ0v) is 15.5. The molecule has 0 bridgehead atoms. The van der Waals surface area contributed by atoms with Crippen LogP contribution in [0.25, 0.3) is 10.9 Å². The molecular weight excluding hydrogens is 320 g/mol. The molecule has 0 radical (unpaired) electrons. The molecule has 2 aromatic rings. The molecule has 6 nitrogen and oxygen atoms in total. The minimum Gasteiger partial charge on any atom is -0.495 e. The van der Waals surface area contributed by atoms with E-state index in [4.69, 9.17) is 9.47 Å². The van der Waals surface area contributed by atoms with Gasteiger partial charge in [-0.2, -0.15) is 0 Å². The van der Waals surface area contributed by atoms with E-state index in [1.807, 2.05) is 32.9 Å². The van der Waals surface area contributed by atoms with Gasteiger partial charge >= 0.3 is 0 Å². The van der Waals surface area contributed by atoms with Crippen molar-refractivity contribution in [2.75, 3.05) is 27.4 Å². The van der Waals surface area contributed by atoms with Gasteiger partial charge in [-0.1, -0.05) is 32.9 Å². The Morgan fingerprint density at radius 3 is 2.56 bits per heavy atom. The number of carbonyl (C=O) groups is 1. The molecule has 0 unspecified atom stereocenters. The van der Waals surface area contributed by atoms with Crippen molar-refractivity contribution in [3.63, 3.8) is 0 Å². The van der Waals surface area contributed by atoms with E-state index in [1.165, 1.54) is 0 Å². The standard InChI is InChI=1S/C19H26N2O4/c1-19(2,3)12-20-17(22)14-11-13-7-6-8-15(25-5)16(13)21(18(14)23)9-10-24-4/h6-8,11H,9-10,12H2,1-5H3,(H,20,22). The molecule has 1 heterocycles. The van der Waals surface area contributed by atoms with Crippen molar-refractivity contribution in [1.29, 1.82) is 0 Å². The first-order valence-corrected chi connectivity index (χ1v) is 8.26. The molecule has 0 spiro atoms. The molecule has 25 heavy (non-hydrogen) atoms. The number of nitrogens with one attached hydrogen (secondary N) is 1. The van der Waals surface area contributed by atoms with Crippen molar-refractivity contribution in [3.8, 4) is 5.75 Å². The Kier molecular flexibility index (Phi) is 5.85. The molecule has 0 aliphatic rings. The monoisotopic (exact) mass is 346 g/mol. The number of rotatable bonds is 6. The van der Waals surface area contributed by atoms with Crippen LogP contribution >= 0.6 is 0 Å². The molecule has 136 valence electrons. The molecule has 0 atom stereocenters. The first-order valence-electron chi connectivity index (χ1n) is 8.26. The lowest BCUT2D eigenvalue weighted by molar-refractivity contribution is 0.0937. The lowest BCUT2D eigenvalue weighted by atomic mass is 9.97. The molecule has 0 aliphatic carbocycles. The van der Waals surface area contributed by atoms with Gasteiger partial charge in [0.1, 0.15) is 11.3 Å². The molecule has 1 aromatic carbocycles. The van der Waals surface area contributed by atoms with Crippen molar-refractivity contribution in [3.05, 3.63) is 40.2 Å². The zero-order valence-electron chi connectivity index (χ0n) is 15.5. The number of fused-ring (bicyclic) bond motifs is 1. The highest BCUT2D eigenvalue weighted by Gasteiger charge is 2.19. The fourth-order valence-corrected chi connectivity index (χ4v) is 2.57. The van der Waals surface area contributed by atoms with Gasteiger partial charge in [0.2, 0.25) is 0 Å². The summed E-state index contributed by atoms with van der Waals surface area (Å²) in [5, 5.41) is 3.62. The van der Waals surface area contributed by atoms with Crippen molar-refractivity contribution in [2.24, 2.45) is 5.41 Å². The minimum absolute atomic E-state index is 0.0647. The van der Waals surface area contributed by atoms with E-state index >= 15 is 0 Å². The number of nitrogens with zero attached hydrogens (tertiary/aromatic N) is 1. The van der Waals surface area contributed by atoms with Crippen molar-refractivity contribution < 1.29 is 14.3 Å². The highest BCUT2D eigenvalue weighted by molar-refractivity contribution is 5.98. The Labute approximate surface area is 147 Å². The maximum Gasteiger partial charge on any atom is 0.264 e. The van der Waals surface area contributed by atoms with Crippen LogP contribution in [-0.2, 0) is 11.3 Å². The van der Waals surface area contributed by atoms with E-state index in [0.717, 1.165) is 5.39 Å². The molecule has 2 rings (SSSR count). The number of pyridine rings is 1. The average molecular weight is 346 g/mol. The largest absolute Gasteiger partial charge is 0.495 e. The lowest BCUT2D eigenvalue weighted by Gasteiger charge is -2.19. The summed E-state index contributed by atoms with van der Waals surface area (Å²) in [6, 6.07) is 7.12. The van der Waals surface area contributed by atoms with E-state index in [0.29, 0.717) is 31.0 Å². The fraction of sp³-hybridized carbons (Fsp3) is 0.474. The van der Waals surface area contributed by atoms with Crippen LogP contribution in [0.2, 0.25) is 0 Å². The van der Waals surface area contributed by atoms with Gasteiger partial charge in [-0.25, -0.2) is 0 Å². The maximum atomic E-state index is 12.9. The number of hydrogen-bond acceptors (Lipinski definition) is 4. The van der Waals surface area contributed by atoms with Crippen LogP contribution in [0.3, 0.4) is 0 Å². The van der Waals surface area contributed by atoms with Gasteiger partial charge in [0.25, 0.3) is 11.5 Å². The maximum absolute atomic E-state index is 12.9. The summed E-state index contributed by atoms with van der Waals surface area (Å²) in [6.45, 7) is 7.26.